The lowest BCUT2D eigenvalue weighted by molar-refractivity contribution is -0.140. The van der Waals surface area contributed by atoms with Crippen LogP contribution in [0.1, 0.15) is 32.6 Å². The summed E-state index contributed by atoms with van der Waals surface area (Å²) in [5.74, 6) is 0.00544. The highest BCUT2D eigenvalue weighted by atomic mass is 35.5. The van der Waals surface area contributed by atoms with Crippen molar-refractivity contribution in [2.75, 3.05) is 38.0 Å². The molecular weight excluding hydrogens is 435 g/mol. The van der Waals surface area contributed by atoms with E-state index in [1.807, 2.05) is 24.0 Å². The van der Waals surface area contributed by atoms with Gasteiger partial charge >= 0.3 is 0 Å². The van der Waals surface area contributed by atoms with E-state index in [1.165, 1.54) is 0 Å². The molecule has 1 saturated carbocycles. The van der Waals surface area contributed by atoms with Crippen LogP contribution in [0.5, 0.6) is 0 Å². The first kappa shape index (κ1) is 26.0. The Morgan fingerprint density at radius 3 is 2.45 bits per heavy atom. The van der Waals surface area contributed by atoms with Gasteiger partial charge in [0.05, 0.1) is 23.2 Å². The highest BCUT2D eigenvalue weighted by molar-refractivity contribution is 6.33. The Hall–Kier alpha value is -1.05. The van der Waals surface area contributed by atoms with Gasteiger partial charge in [-0.15, -0.1) is 24.8 Å². The van der Waals surface area contributed by atoms with E-state index in [2.05, 4.69) is 10.2 Å². The predicted molar refractivity (Wildman–Crippen MR) is 122 cm³/mol. The largest absolute Gasteiger partial charge is 0.340 e. The number of nitrogens with one attached hydrogen (secondary N) is 1. The molecule has 1 aromatic carbocycles. The summed E-state index contributed by atoms with van der Waals surface area (Å²) in [5.41, 5.74) is 6.61. The van der Waals surface area contributed by atoms with Crippen molar-refractivity contribution in [3.05, 3.63) is 29.3 Å². The predicted octanol–water partition coefficient (Wildman–Crippen LogP) is 3.17. The Kier molecular flexibility index (Phi) is 10.2. The molecule has 1 aromatic rings. The summed E-state index contributed by atoms with van der Waals surface area (Å²) in [4.78, 5) is 29.2. The molecular formula is C20H31Cl3N4O2. The van der Waals surface area contributed by atoms with E-state index in [1.54, 1.807) is 12.1 Å². The fourth-order valence-corrected chi connectivity index (χ4v) is 4.25. The SMILES string of the molecule is CC1(N)CCCCC1C(=O)N1CCN(CC(=O)Nc2ccccc2Cl)CC1.Cl.Cl. The van der Waals surface area contributed by atoms with Crippen molar-refractivity contribution in [3.63, 3.8) is 0 Å². The molecule has 1 heterocycles. The molecule has 2 atom stereocenters. The zero-order chi connectivity index (χ0) is 19.4. The van der Waals surface area contributed by atoms with Crippen LogP contribution in [0.4, 0.5) is 5.69 Å². The van der Waals surface area contributed by atoms with E-state index >= 15 is 0 Å². The molecule has 0 spiro atoms. The number of piperazine rings is 1. The maximum absolute atomic E-state index is 12.9. The number of para-hydroxylation sites is 1. The van der Waals surface area contributed by atoms with Crippen LogP contribution in [0.15, 0.2) is 24.3 Å². The topological polar surface area (TPSA) is 78.7 Å². The Labute approximate surface area is 190 Å². The molecule has 6 nitrogen and oxygen atoms in total. The van der Waals surface area contributed by atoms with Gasteiger partial charge in [0.25, 0.3) is 0 Å². The number of benzene rings is 1. The Morgan fingerprint density at radius 2 is 1.83 bits per heavy atom. The number of halogens is 3. The summed E-state index contributed by atoms with van der Waals surface area (Å²) in [6, 6.07) is 7.19. The number of nitrogens with two attached hydrogens (primary N) is 1. The molecule has 3 rings (SSSR count). The normalized spacial score (nSPS) is 24.8. The van der Waals surface area contributed by atoms with Crippen molar-refractivity contribution in [1.82, 2.24) is 9.80 Å². The third kappa shape index (κ3) is 6.72. The van der Waals surface area contributed by atoms with Crippen LogP contribution in [0.3, 0.4) is 0 Å². The summed E-state index contributed by atoms with van der Waals surface area (Å²) in [6.07, 6.45) is 3.97. The second-order valence-electron chi connectivity index (χ2n) is 7.93. The maximum Gasteiger partial charge on any atom is 0.238 e. The fraction of sp³-hybridized carbons (Fsp3) is 0.600. The zero-order valence-corrected chi connectivity index (χ0v) is 19.1. The summed E-state index contributed by atoms with van der Waals surface area (Å²) in [5, 5.41) is 3.37. The second-order valence-corrected chi connectivity index (χ2v) is 8.34. The molecule has 3 N–H and O–H groups in total. The molecule has 164 valence electrons. The fourth-order valence-electron chi connectivity index (χ4n) is 4.07. The lowest BCUT2D eigenvalue weighted by Gasteiger charge is -2.42. The molecule has 1 saturated heterocycles. The molecule has 1 aliphatic carbocycles. The third-order valence-corrected chi connectivity index (χ3v) is 6.08. The average Bonchev–Trinajstić information content (AvgIpc) is 2.63. The van der Waals surface area contributed by atoms with Crippen LogP contribution in [0.2, 0.25) is 5.02 Å². The molecule has 2 fully saturated rings. The molecule has 29 heavy (non-hydrogen) atoms. The van der Waals surface area contributed by atoms with E-state index in [4.69, 9.17) is 17.3 Å². The van der Waals surface area contributed by atoms with E-state index in [0.717, 1.165) is 25.7 Å². The Morgan fingerprint density at radius 1 is 1.17 bits per heavy atom. The van der Waals surface area contributed by atoms with Gasteiger partial charge in [-0.3, -0.25) is 14.5 Å². The van der Waals surface area contributed by atoms with Gasteiger partial charge in [0.1, 0.15) is 0 Å². The number of rotatable bonds is 4. The molecule has 2 unspecified atom stereocenters. The Balaban J connectivity index is 0.00000210. The van der Waals surface area contributed by atoms with Crippen LogP contribution in [0, 0.1) is 5.92 Å². The van der Waals surface area contributed by atoms with Gasteiger partial charge in [-0.1, -0.05) is 36.6 Å². The molecule has 0 bridgehead atoms. The maximum atomic E-state index is 12.9. The average molecular weight is 466 g/mol. The quantitative estimate of drug-likeness (QED) is 0.716. The lowest BCUT2D eigenvalue weighted by Crippen LogP contribution is -2.57. The molecule has 0 aromatic heterocycles. The minimum absolute atomic E-state index is 0. The van der Waals surface area contributed by atoms with Gasteiger partial charge in [0.15, 0.2) is 0 Å². The minimum Gasteiger partial charge on any atom is -0.340 e. The van der Waals surface area contributed by atoms with Crippen molar-refractivity contribution in [1.29, 1.82) is 0 Å². The van der Waals surface area contributed by atoms with Gasteiger partial charge in [0.2, 0.25) is 11.8 Å². The van der Waals surface area contributed by atoms with Gasteiger partial charge in [-0.2, -0.15) is 0 Å². The number of carbonyl (C=O) groups is 2. The molecule has 9 heteroatoms. The van der Waals surface area contributed by atoms with E-state index in [0.29, 0.717) is 43.4 Å². The standard InChI is InChI=1S/C20H29ClN4O2.2ClH/c1-20(22)9-5-4-6-15(20)19(27)25-12-10-24(11-13-25)14-18(26)23-17-8-3-2-7-16(17)21;;/h2-3,7-8,15H,4-6,9-14,22H2,1H3,(H,23,26);2*1H. The highest BCUT2D eigenvalue weighted by Crippen LogP contribution is 2.33. The van der Waals surface area contributed by atoms with Crippen LogP contribution in [-0.4, -0.2) is 59.9 Å². The first-order valence-corrected chi connectivity index (χ1v) is 10.1. The molecule has 1 aliphatic heterocycles. The number of hydrogen-bond donors (Lipinski definition) is 2. The van der Waals surface area contributed by atoms with Crippen LogP contribution in [0.25, 0.3) is 0 Å². The summed E-state index contributed by atoms with van der Waals surface area (Å²) in [6.45, 7) is 4.97. The van der Waals surface area contributed by atoms with Crippen LogP contribution in [-0.2, 0) is 9.59 Å². The number of nitrogens with zero attached hydrogens (tertiary/aromatic N) is 2. The summed E-state index contributed by atoms with van der Waals surface area (Å²) in [7, 11) is 0. The van der Waals surface area contributed by atoms with Gasteiger partial charge in [0, 0.05) is 31.7 Å². The van der Waals surface area contributed by atoms with Crippen molar-refractivity contribution >= 4 is 53.9 Å². The number of amides is 2. The Bertz CT molecular complexity index is 694. The third-order valence-electron chi connectivity index (χ3n) is 5.75. The molecule has 2 amide bonds. The lowest BCUT2D eigenvalue weighted by atomic mass is 9.74. The first-order chi connectivity index (χ1) is 12.9. The summed E-state index contributed by atoms with van der Waals surface area (Å²) < 4.78 is 0. The number of hydrogen-bond acceptors (Lipinski definition) is 4. The number of carbonyl (C=O) groups excluding carboxylic acids is 2. The van der Waals surface area contributed by atoms with Gasteiger partial charge in [-0.05, 0) is 31.9 Å². The minimum atomic E-state index is -0.401. The highest BCUT2D eigenvalue weighted by Gasteiger charge is 2.40. The van der Waals surface area contributed by atoms with Crippen LogP contribution >= 0.6 is 36.4 Å². The van der Waals surface area contributed by atoms with Crippen molar-refractivity contribution in [2.45, 2.75) is 38.1 Å². The van der Waals surface area contributed by atoms with Crippen LogP contribution < -0.4 is 11.1 Å². The van der Waals surface area contributed by atoms with Gasteiger partial charge < -0.3 is 16.0 Å². The second kappa shape index (κ2) is 11.4. The molecule has 2 aliphatic rings. The monoisotopic (exact) mass is 464 g/mol. The van der Waals surface area contributed by atoms with Gasteiger partial charge in [-0.25, -0.2) is 0 Å². The van der Waals surface area contributed by atoms with E-state index < -0.39 is 5.54 Å². The summed E-state index contributed by atoms with van der Waals surface area (Å²) >= 11 is 6.08. The van der Waals surface area contributed by atoms with E-state index in [9.17, 15) is 9.59 Å². The molecule has 0 radical (unpaired) electrons. The zero-order valence-electron chi connectivity index (χ0n) is 16.7. The van der Waals surface area contributed by atoms with Crippen molar-refractivity contribution in [3.8, 4) is 0 Å². The smallest absolute Gasteiger partial charge is 0.238 e. The van der Waals surface area contributed by atoms with Crippen molar-refractivity contribution < 1.29 is 9.59 Å². The first-order valence-electron chi connectivity index (χ1n) is 9.71. The van der Waals surface area contributed by atoms with E-state index in [-0.39, 0.29) is 42.5 Å². The van der Waals surface area contributed by atoms with Crippen molar-refractivity contribution in [2.24, 2.45) is 11.7 Å². The number of anilines is 1.